The molecule has 0 aliphatic rings. The van der Waals surface area contributed by atoms with Crippen LogP contribution in [0.5, 0.6) is 0 Å². The Morgan fingerprint density at radius 1 is 1.50 bits per heavy atom. The van der Waals surface area contributed by atoms with Gasteiger partial charge in [-0.15, -0.1) is 12.4 Å². The summed E-state index contributed by atoms with van der Waals surface area (Å²) in [5.74, 6) is 0.448. The number of hydrogen-bond donors (Lipinski definition) is 2. The summed E-state index contributed by atoms with van der Waals surface area (Å²) in [7, 11) is 0. The third-order valence-corrected chi connectivity index (χ3v) is 3.83. The zero-order valence-electron chi connectivity index (χ0n) is 12.2. The molecule has 0 saturated heterocycles. The summed E-state index contributed by atoms with van der Waals surface area (Å²) in [6.07, 6.45) is 1.19. The number of aromatic nitrogens is 1. The predicted molar refractivity (Wildman–Crippen MR) is 85.6 cm³/mol. The van der Waals surface area contributed by atoms with Crippen molar-refractivity contribution in [2.75, 3.05) is 6.54 Å². The number of rotatable bonds is 7. The second kappa shape index (κ2) is 9.15. The maximum absolute atomic E-state index is 11.8. The molecule has 116 valence electrons. The van der Waals surface area contributed by atoms with E-state index in [-0.39, 0.29) is 29.2 Å². The fourth-order valence-corrected chi connectivity index (χ4v) is 2.73. The smallest absolute Gasteiger partial charge is 0.307 e. The topological polar surface area (TPSA) is 77.1 Å². The molecule has 0 aromatic carbocycles. The molecule has 1 heterocycles. The van der Waals surface area contributed by atoms with Crippen molar-refractivity contribution >= 4 is 29.7 Å². The standard InChI is InChI=1S/C13H23N3O2S.ClH/c1-9(2)6-11(7-14)15-12(17)4-5-16-10(3)8-19-13(16)18;/h8-9,11H,4-7,14H2,1-3H3,(H,15,17);1H. The monoisotopic (exact) mass is 321 g/mol. The van der Waals surface area contributed by atoms with Gasteiger partial charge in [-0.1, -0.05) is 25.2 Å². The first-order valence-corrected chi connectivity index (χ1v) is 7.46. The van der Waals surface area contributed by atoms with E-state index in [0.29, 0.717) is 25.4 Å². The summed E-state index contributed by atoms with van der Waals surface area (Å²) < 4.78 is 1.63. The fourth-order valence-electron chi connectivity index (χ4n) is 1.97. The van der Waals surface area contributed by atoms with Crippen molar-refractivity contribution in [1.29, 1.82) is 0 Å². The van der Waals surface area contributed by atoms with E-state index in [2.05, 4.69) is 19.2 Å². The minimum atomic E-state index is -0.0476. The molecule has 0 saturated carbocycles. The van der Waals surface area contributed by atoms with Gasteiger partial charge in [-0.2, -0.15) is 0 Å². The van der Waals surface area contributed by atoms with Crippen LogP contribution in [0.2, 0.25) is 0 Å². The quantitative estimate of drug-likeness (QED) is 0.799. The normalized spacial score (nSPS) is 12.1. The minimum absolute atomic E-state index is 0. The van der Waals surface area contributed by atoms with Crippen LogP contribution in [0.15, 0.2) is 10.2 Å². The summed E-state index contributed by atoms with van der Waals surface area (Å²) in [6, 6.07) is 0.0211. The van der Waals surface area contributed by atoms with E-state index in [1.54, 1.807) is 4.57 Å². The lowest BCUT2D eigenvalue weighted by Gasteiger charge is -2.18. The highest BCUT2D eigenvalue weighted by atomic mass is 35.5. The number of halogens is 1. The van der Waals surface area contributed by atoms with Crippen LogP contribution in [-0.2, 0) is 11.3 Å². The van der Waals surface area contributed by atoms with Gasteiger partial charge in [0.05, 0.1) is 0 Å². The van der Waals surface area contributed by atoms with E-state index in [1.165, 1.54) is 11.3 Å². The molecule has 0 bridgehead atoms. The van der Waals surface area contributed by atoms with E-state index in [1.807, 2.05) is 12.3 Å². The first-order chi connectivity index (χ1) is 8.93. The van der Waals surface area contributed by atoms with Gasteiger partial charge in [-0.3, -0.25) is 9.59 Å². The summed E-state index contributed by atoms with van der Waals surface area (Å²) in [5.41, 5.74) is 6.54. The highest BCUT2D eigenvalue weighted by Gasteiger charge is 2.13. The number of amides is 1. The number of hydrogen-bond acceptors (Lipinski definition) is 4. The van der Waals surface area contributed by atoms with Crippen LogP contribution in [0.3, 0.4) is 0 Å². The summed E-state index contributed by atoms with van der Waals surface area (Å²) in [4.78, 5) is 23.3. The van der Waals surface area contributed by atoms with Crippen LogP contribution in [-0.4, -0.2) is 23.1 Å². The zero-order valence-corrected chi connectivity index (χ0v) is 13.9. The number of aryl methyl sites for hydroxylation is 1. The van der Waals surface area contributed by atoms with Crippen molar-refractivity contribution in [3.05, 3.63) is 20.7 Å². The zero-order chi connectivity index (χ0) is 14.4. The fraction of sp³-hybridized carbons (Fsp3) is 0.692. The lowest BCUT2D eigenvalue weighted by molar-refractivity contribution is -0.122. The summed E-state index contributed by atoms with van der Waals surface area (Å²) in [5, 5.41) is 4.73. The van der Waals surface area contributed by atoms with Crippen LogP contribution in [0, 0.1) is 12.8 Å². The summed E-state index contributed by atoms with van der Waals surface area (Å²) >= 11 is 1.17. The van der Waals surface area contributed by atoms with Gasteiger partial charge in [0.1, 0.15) is 0 Å². The van der Waals surface area contributed by atoms with E-state index >= 15 is 0 Å². The molecule has 0 fully saturated rings. The van der Waals surface area contributed by atoms with Gasteiger partial charge in [0.15, 0.2) is 0 Å². The molecule has 1 aromatic heterocycles. The molecular formula is C13H24ClN3O2S. The molecule has 3 N–H and O–H groups in total. The Balaban J connectivity index is 0.00000361. The number of carbonyl (C=O) groups excluding carboxylic acids is 1. The van der Waals surface area contributed by atoms with Gasteiger partial charge < -0.3 is 15.6 Å². The molecule has 1 aromatic rings. The first kappa shape index (κ1) is 19.1. The van der Waals surface area contributed by atoms with Crippen molar-refractivity contribution in [3.63, 3.8) is 0 Å². The van der Waals surface area contributed by atoms with Gasteiger partial charge in [0.2, 0.25) is 5.91 Å². The van der Waals surface area contributed by atoms with E-state index in [0.717, 1.165) is 12.1 Å². The largest absolute Gasteiger partial charge is 0.352 e. The van der Waals surface area contributed by atoms with Crippen molar-refractivity contribution < 1.29 is 4.79 Å². The van der Waals surface area contributed by atoms with Crippen molar-refractivity contribution in [3.8, 4) is 0 Å². The maximum Gasteiger partial charge on any atom is 0.307 e. The Hall–Kier alpha value is -0.850. The van der Waals surface area contributed by atoms with Crippen LogP contribution < -0.4 is 15.9 Å². The molecule has 0 aliphatic carbocycles. The lowest BCUT2D eigenvalue weighted by atomic mass is 10.0. The van der Waals surface area contributed by atoms with Crippen LogP contribution in [0.1, 0.15) is 32.4 Å². The van der Waals surface area contributed by atoms with E-state index < -0.39 is 0 Å². The van der Waals surface area contributed by atoms with Gasteiger partial charge in [0.25, 0.3) is 0 Å². The predicted octanol–water partition coefficient (Wildman–Crippen LogP) is 1.52. The molecule has 1 rings (SSSR count). The number of thiazole rings is 1. The molecule has 0 aliphatic heterocycles. The number of carbonyl (C=O) groups is 1. The van der Waals surface area contributed by atoms with Crippen LogP contribution >= 0.6 is 23.7 Å². The molecule has 5 nitrogen and oxygen atoms in total. The van der Waals surface area contributed by atoms with Crippen LogP contribution in [0.4, 0.5) is 0 Å². The summed E-state index contributed by atoms with van der Waals surface area (Å²) in [6.45, 7) is 6.95. The molecule has 0 spiro atoms. The minimum Gasteiger partial charge on any atom is -0.352 e. The molecular weight excluding hydrogens is 298 g/mol. The number of nitrogens with two attached hydrogens (primary N) is 1. The van der Waals surface area contributed by atoms with E-state index in [4.69, 9.17) is 5.73 Å². The highest BCUT2D eigenvalue weighted by Crippen LogP contribution is 2.04. The Bertz CT molecular complexity index is 470. The first-order valence-electron chi connectivity index (χ1n) is 6.58. The van der Waals surface area contributed by atoms with E-state index in [9.17, 15) is 9.59 Å². The number of nitrogens with zero attached hydrogens (tertiary/aromatic N) is 1. The van der Waals surface area contributed by atoms with Gasteiger partial charge >= 0.3 is 4.87 Å². The Kier molecular flexibility index (Phi) is 8.76. The molecule has 1 amide bonds. The second-order valence-corrected chi connectivity index (χ2v) is 5.99. The van der Waals surface area contributed by atoms with Crippen molar-refractivity contribution in [1.82, 2.24) is 9.88 Å². The molecule has 7 heteroatoms. The van der Waals surface area contributed by atoms with Gasteiger partial charge in [-0.05, 0) is 19.3 Å². The van der Waals surface area contributed by atoms with Gasteiger partial charge in [-0.25, -0.2) is 0 Å². The molecule has 1 unspecified atom stereocenters. The Morgan fingerprint density at radius 3 is 2.60 bits per heavy atom. The van der Waals surface area contributed by atoms with Gasteiger partial charge in [0, 0.05) is 36.6 Å². The van der Waals surface area contributed by atoms with Crippen molar-refractivity contribution in [2.24, 2.45) is 11.7 Å². The third-order valence-electron chi connectivity index (χ3n) is 2.94. The molecule has 1 atom stereocenters. The third kappa shape index (κ3) is 6.07. The highest BCUT2D eigenvalue weighted by molar-refractivity contribution is 7.07. The maximum atomic E-state index is 11.8. The van der Waals surface area contributed by atoms with Crippen LogP contribution in [0.25, 0.3) is 0 Å². The van der Waals surface area contributed by atoms with Crippen molar-refractivity contribution in [2.45, 2.75) is 46.2 Å². The Morgan fingerprint density at radius 2 is 2.15 bits per heavy atom. The average Bonchev–Trinajstić information content (AvgIpc) is 2.65. The Labute approximate surface area is 130 Å². The SMILES string of the molecule is Cc1csc(=O)n1CCC(=O)NC(CN)CC(C)C.Cl. The number of nitrogens with one attached hydrogen (secondary N) is 1. The molecule has 20 heavy (non-hydrogen) atoms. The average molecular weight is 322 g/mol. The molecule has 0 radical (unpaired) electrons. The second-order valence-electron chi connectivity index (χ2n) is 5.17. The lowest BCUT2D eigenvalue weighted by Crippen LogP contribution is -2.41.